The van der Waals surface area contributed by atoms with Crippen LogP contribution in [0.5, 0.6) is 0 Å². The Kier molecular flexibility index (Phi) is 5.76. The van der Waals surface area contributed by atoms with Crippen LogP contribution >= 0.6 is 0 Å². The topological polar surface area (TPSA) is 187 Å². The van der Waals surface area contributed by atoms with Crippen LogP contribution in [-0.2, 0) is 0 Å². The number of hydrazine groups is 4. The van der Waals surface area contributed by atoms with E-state index in [1.807, 2.05) is 0 Å². The van der Waals surface area contributed by atoms with Gasteiger partial charge in [-0.1, -0.05) is 24.3 Å². The Morgan fingerprint density at radius 1 is 0.667 bits per heavy atom. The van der Waals surface area contributed by atoms with E-state index in [1.54, 1.807) is 48.5 Å². The summed E-state index contributed by atoms with van der Waals surface area (Å²) in [4.78, 5) is 0. The Hall–Kier alpha value is -2.60. The highest BCUT2D eigenvalue weighted by Crippen LogP contribution is 2.25. The van der Waals surface area contributed by atoms with E-state index in [1.165, 1.54) is 10.0 Å². The van der Waals surface area contributed by atoms with Gasteiger partial charge < -0.3 is 11.5 Å². The molecule has 24 heavy (non-hydrogen) atoms. The van der Waals surface area contributed by atoms with Crippen molar-refractivity contribution in [1.29, 1.82) is 0 Å². The van der Waals surface area contributed by atoms with E-state index in [-0.39, 0.29) is 0 Å². The Balaban J connectivity index is 2.33. The SMILES string of the molecule is NNC(C(NN)N(N)c1ccccc1N)N(N)c1ccccc1N. The number of rotatable bonds is 7. The lowest BCUT2D eigenvalue weighted by Crippen LogP contribution is -2.70. The molecule has 0 amide bonds. The van der Waals surface area contributed by atoms with E-state index in [4.69, 9.17) is 34.8 Å². The van der Waals surface area contributed by atoms with Crippen LogP contribution in [0, 0.1) is 0 Å². The number of nitrogens with one attached hydrogen (secondary N) is 2. The highest BCUT2D eigenvalue weighted by Gasteiger charge is 2.30. The van der Waals surface area contributed by atoms with Crippen LogP contribution in [0.15, 0.2) is 48.5 Å². The van der Waals surface area contributed by atoms with Crippen molar-refractivity contribution in [2.45, 2.75) is 12.3 Å². The van der Waals surface area contributed by atoms with Gasteiger partial charge >= 0.3 is 0 Å². The Labute approximate surface area is 140 Å². The fraction of sp³-hybridized carbons (Fsp3) is 0.143. The minimum atomic E-state index is -0.718. The van der Waals surface area contributed by atoms with Gasteiger partial charge in [-0.15, -0.1) is 0 Å². The normalized spacial score (nSPS) is 13.3. The van der Waals surface area contributed by atoms with E-state index < -0.39 is 12.3 Å². The monoisotopic (exact) mass is 332 g/mol. The first-order valence-corrected chi connectivity index (χ1v) is 7.20. The summed E-state index contributed by atoms with van der Waals surface area (Å²) in [5.41, 5.74) is 19.2. The molecule has 0 bridgehead atoms. The van der Waals surface area contributed by atoms with Crippen molar-refractivity contribution in [3.8, 4) is 0 Å². The van der Waals surface area contributed by atoms with Gasteiger partial charge in [0.15, 0.2) is 0 Å². The lowest BCUT2D eigenvalue weighted by Gasteiger charge is -2.39. The molecular weight excluding hydrogens is 308 g/mol. The summed E-state index contributed by atoms with van der Waals surface area (Å²) in [6.45, 7) is 0. The van der Waals surface area contributed by atoms with Crippen molar-refractivity contribution in [3.05, 3.63) is 48.5 Å². The molecule has 0 saturated heterocycles. The first-order chi connectivity index (χ1) is 11.5. The molecule has 2 aromatic rings. The molecule has 0 aliphatic heterocycles. The van der Waals surface area contributed by atoms with Crippen molar-refractivity contribution < 1.29 is 0 Å². The number of para-hydroxylation sites is 4. The van der Waals surface area contributed by atoms with Crippen LogP contribution in [-0.4, -0.2) is 12.3 Å². The van der Waals surface area contributed by atoms with Gasteiger partial charge in [0.25, 0.3) is 0 Å². The average Bonchev–Trinajstić information content (AvgIpc) is 2.59. The van der Waals surface area contributed by atoms with Gasteiger partial charge in [-0.2, -0.15) is 0 Å². The first-order valence-electron chi connectivity index (χ1n) is 7.20. The molecule has 0 radical (unpaired) electrons. The Morgan fingerprint density at radius 3 is 1.29 bits per heavy atom. The zero-order chi connectivity index (χ0) is 17.7. The van der Waals surface area contributed by atoms with Crippen molar-refractivity contribution in [1.82, 2.24) is 10.9 Å². The summed E-state index contributed by atoms with van der Waals surface area (Å²) in [5.74, 6) is 23.7. The molecule has 14 N–H and O–H groups in total. The first kappa shape index (κ1) is 17.7. The van der Waals surface area contributed by atoms with Crippen LogP contribution < -0.4 is 55.7 Å². The van der Waals surface area contributed by atoms with E-state index in [0.29, 0.717) is 22.7 Å². The molecule has 0 aromatic heterocycles. The highest BCUT2D eigenvalue weighted by molar-refractivity contribution is 5.69. The third kappa shape index (κ3) is 3.49. The van der Waals surface area contributed by atoms with Crippen LogP contribution in [0.3, 0.4) is 0 Å². The molecule has 10 heteroatoms. The Bertz CT molecular complexity index is 606. The third-order valence-corrected chi connectivity index (χ3v) is 3.67. The van der Waals surface area contributed by atoms with Crippen LogP contribution in [0.1, 0.15) is 0 Å². The summed E-state index contributed by atoms with van der Waals surface area (Å²) in [5, 5.41) is 2.69. The molecule has 0 fully saturated rings. The maximum Gasteiger partial charge on any atom is 0.143 e. The number of benzene rings is 2. The molecule has 2 rings (SSSR count). The summed E-state index contributed by atoms with van der Waals surface area (Å²) in [7, 11) is 0. The molecule has 2 aromatic carbocycles. The van der Waals surface area contributed by atoms with Gasteiger partial charge in [-0.25, -0.2) is 22.5 Å². The number of nitrogen functional groups attached to an aromatic ring is 2. The highest BCUT2D eigenvalue weighted by atomic mass is 15.6. The van der Waals surface area contributed by atoms with Gasteiger partial charge in [0.05, 0.1) is 22.7 Å². The van der Waals surface area contributed by atoms with Crippen LogP contribution in [0.4, 0.5) is 22.7 Å². The van der Waals surface area contributed by atoms with E-state index >= 15 is 0 Å². The van der Waals surface area contributed by atoms with Crippen LogP contribution in [0.2, 0.25) is 0 Å². The summed E-state index contributed by atoms with van der Waals surface area (Å²) in [6, 6.07) is 14.2. The second kappa shape index (κ2) is 7.79. The summed E-state index contributed by atoms with van der Waals surface area (Å²) in [6.07, 6.45) is -1.44. The largest absolute Gasteiger partial charge is 0.397 e. The molecule has 0 spiro atoms. The maximum absolute atomic E-state index is 6.18. The molecule has 2 unspecified atom stereocenters. The molecule has 2 atom stereocenters. The van der Waals surface area contributed by atoms with Crippen molar-refractivity contribution in [3.63, 3.8) is 0 Å². The molecule has 130 valence electrons. The smallest absolute Gasteiger partial charge is 0.143 e. The average molecular weight is 332 g/mol. The van der Waals surface area contributed by atoms with Crippen molar-refractivity contribution in [2.75, 3.05) is 21.5 Å². The zero-order valence-corrected chi connectivity index (χ0v) is 13.1. The fourth-order valence-corrected chi connectivity index (χ4v) is 2.39. The maximum atomic E-state index is 6.18. The molecule has 0 heterocycles. The number of hydrogen-bond acceptors (Lipinski definition) is 10. The number of nitrogens with two attached hydrogens (primary N) is 6. The quantitative estimate of drug-likeness (QED) is 0.128. The third-order valence-electron chi connectivity index (χ3n) is 3.67. The predicted octanol–water partition coefficient (Wildman–Crippen LogP) is -1.51. The number of nitrogens with zero attached hydrogens (tertiary/aromatic N) is 2. The van der Waals surface area contributed by atoms with E-state index in [9.17, 15) is 0 Å². The summed E-state index contributed by atoms with van der Waals surface area (Å²) < 4.78 is 0. The molecule has 0 aliphatic rings. The second-order valence-electron chi connectivity index (χ2n) is 5.16. The summed E-state index contributed by atoms with van der Waals surface area (Å²) >= 11 is 0. The minimum absolute atomic E-state index is 0.485. The zero-order valence-electron chi connectivity index (χ0n) is 13.1. The molecule has 0 saturated carbocycles. The van der Waals surface area contributed by atoms with Crippen LogP contribution in [0.25, 0.3) is 0 Å². The van der Waals surface area contributed by atoms with Crippen molar-refractivity contribution in [2.24, 2.45) is 23.4 Å². The molecule has 10 nitrogen and oxygen atoms in total. The molecule has 0 aliphatic carbocycles. The van der Waals surface area contributed by atoms with Crippen molar-refractivity contribution >= 4 is 22.7 Å². The van der Waals surface area contributed by atoms with Gasteiger partial charge in [0, 0.05) is 0 Å². The molecular formula is C14H24N10. The number of hydrogen-bond donors (Lipinski definition) is 8. The number of anilines is 4. The lowest BCUT2D eigenvalue weighted by atomic mass is 10.2. The Morgan fingerprint density at radius 2 is 1.00 bits per heavy atom. The predicted molar refractivity (Wildman–Crippen MR) is 97.3 cm³/mol. The van der Waals surface area contributed by atoms with E-state index in [2.05, 4.69) is 10.9 Å². The second-order valence-corrected chi connectivity index (χ2v) is 5.16. The van der Waals surface area contributed by atoms with E-state index in [0.717, 1.165) is 0 Å². The standard InChI is InChI=1S/C14H24N10/c15-9-5-1-3-7-11(9)23(19)13(21-17)14(22-18)24(20)12-8-4-2-6-10(12)16/h1-8,13-14,21-22H,15-20H2. The van der Waals surface area contributed by atoms with Gasteiger partial charge in [0.2, 0.25) is 0 Å². The van der Waals surface area contributed by atoms with Gasteiger partial charge in [-0.05, 0) is 24.3 Å². The van der Waals surface area contributed by atoms with Gasteiger partial charge in [0.1, 0.15) is 12.3 Å². The lowest BCUT2D eigenvalue weighted by molar-refractivity contribution is 0.352. The fourth-order valence-electron chi connectivity index (χ4n) is 2.39. The minimum Gasteiger partial charge on any atom is -0.397 e. The van der Waals surface area contributed by atoms with Gasteiger partial charge in [-0.3, -0.25) is 21.7 Å².